The van der Waals surface area contributed by atoms with Crippen molar-refractivity contribution in [2.45, 2.75) is 38.3 Å². The second-order valence-electron chi connectivity index (χ2n) is 8.37. The van der Waals surface area contributed by atoms with E-state index in [9.17, 15) is 22.8 Å². The summed E-state index contributed by atoms with van der Waals surface area (Å²) in [5, 5.41) is 0. The van der Waals surface area contributed by atoms with Crippen LogP contribution in [0.25, 0.3) is 0 Å². The van der Waals surface area contributed by atoms with Gasteiger partial charge in [0, 0.05) is 18.4 Å². The minimum absolute atomic E-state index is 0.182. The van der Waals surface area contributed by atoms with E-state index in [1.54, 1.807) is 0 Å². The van der Waals surface area contributed by atoms with Crippen LogP contribution in [-0.2, 0) is 15.8 Å². The van der Waals surface area contributed by atoms with Gasteiger partial charge < -0.3 is 0 Å². The molecule has 0 radical (unpaired) electrons. The number of allylic oxidation sites excluding steroid dienone is 3. The number of halogens is 3. The van der Waals surface area contributed by atoms with Gasteiger partial charge >= 0.3 is 6.18 Å². The number of alkyl halides is 3. The molecule has 0 N–H and O–H groups in total. The van der Waals surface area contributed by atoms with Crippen molar-refractivity contribution in [3.63, 3.8) is 0 Å². The summed E-state index contributed by atoms with van der Waals surface area (Å²) in [6.07, 6.45) is -0.0402. The van der Waals surface area contributed by atoms with Crippen molar-refractivity contribution in [2.24, 2.45) is 17.3 Å². The van der Waals surface area contributed by atoms with Crippen LogP contribution in [0.15, 0.2) is 48.1 Å². The molecule has 0 bridgehead atoms. The minimum Gasteiger partial charge on any atom is -0.285 e. The van der Waals surface area contributed by atoms with Crippen LogP contribution in [0.5, 0.6) is 0 Å². The first kappa shape index (κ1) is 19.0. The SMILES string of the molecule is C=C(C)C[C@@]12CCC1=C[C@H](c1ccc(C(F)(F)F)cc1)[C@@H]1C(=O)N(C)C(=O)[C@@H]12. The van der Waals surface area contributed by atoms with E-state index in [1.165, 1.54) is 24.1 Å². The highest BCUT2D eigenvalue weighted by Crippen LogP contribution is 2.64. The summed E-state index contributed by atoms with van der Waals surface area (Å²) in [6, 6.07) is 4.96. The molecule has 1 saturated carbocycles. The standard InChI is InChI=1S/C22H22F3NO2/c1-12(2)11-21-9-8-15(21)10-16(17-18(21)20(28)26(3)19(17)27)13-4-6-14(7-5-13)22(23,24)25/h4-7,10,16-18H,1,8-9,11H2,2-3H3/t16-,17+,18-,21+/m1/s1. The van der Waals surface area contributed by atoms with Gasteiger partial charge in [0.25, 0.3) is 0 Å². The van der Waals surface area contributed by atoms with E-state index in [1.807, 2.05) is 13.0 Å². The number of carbonyl (C=O) groups excluding carboxylic acids is 2. The Morgan fingerprint density at radius 1 is 1.21 bits per heavy atom. The Morgan fingerprint density at radius 3 is 2.36 bits per heavy atom. The zero-order chi connectivity index (χ0) is 20.4. The summed E-state index contributed by atoms with van der Waals surface area (Å²) in [6.45, 7) is 5.93. The molecule has 2 amide bonds. The largest absolute Gasteiger partial charge is 0.416 e. The molecule has 148 valence electrons. The lowest BCUT2D eigenvalue weighted by atomic mass is 9.48. The highest BCUT2D eigenvalue weighted by atomic mass is 19.4. The smallest absolute Gasteiger partial charge is 0.285 e. The van der Waals surface area contributed by atoms with Gasteiger partial charge in [0.1, 0.15) is 0 Å². The van der Waals surface area contributed by atoms with Crippen LogP contribution >= 0.6 is 0 Å². The Balaban J connectivity index is 1.80. The molecule has 3 nitrogen and oxygen atoms in total. The number of benzene rings is 1. The molecular weight excluding hydrogens is 367 g/mol. The Kier molecular flexibility index (Phi) is 4.11. The molecule has 1 aromatic rings. The monoisotopic (exact) mass is 389 g/mol. The summed E-state index contributed by atoms with van der Waals surface area (Å²) in [4.78, 5) is 27.1. The topological polar surface area (TPSA) is 37.4 Å². The maximum Gasteiger partial charge on any atom is 0.416 e. The number of fused-ring (bicyclic) bond motifs is 3. The number of hydrogen-bond acceptors (Lipinski definition) is 2. The zero-order valence-corrected chi connectivity index (χ0v) is 15.8. The van der Waals surface area contributed by atoms with Crippen LogP contribution < -0.4 is 0 Å². The molecule has 0 unspecified atom stereocenters. The summed E-state index contributed by atoms with van der Waals surface area (Å²) < 4.78 is 38.7. The van der Waals surface area contributed by atoms with Gasteiger partial charge in [-0.15, -0.1) is 6.58 Å². The zero-order valence-electron chi connectivity index (χ0n) is 15.8. The van der Waals surface area contributed by atoms with Gasteiger partial charge in [-0.25, -0.2) is 0 Å². The third-order valence-electron chi connectivity index (χ3n) is 6.65. The van der Waals surface area contributed by atoms with Gasteiger partial charge in [-0.3, -0.25) is 14.5 Å². The fourth-order valence-corrected chi connectivity index (χ4v) is 5.34. The third-order valence-corrected chi connectivity index (χ3v) is 6.65. The minimum atomic E-state index is -4.41. The molecule has 3 aliphatic rings. The second-order valence-corrected chi connectivity index (χ2v) is 8.37. The first-order valence-electron chi connectivity index (χ1n) is 9.40. The van der Waals surface area contributed by atoms with Gasteiger partial charge in [-0.05, 0) is 43.9 Å². The molecule has 28 heavy (non-hydrogen) atoms. The van der Waals surface area contributed by atoms with Gasteiger partial charge in [0.15, 0.2) is 0 Å². The van der Waals surface area contributed by atoms with Crippen molar-refractivity contribution in [3.8, 4) is 0 Å². The lowest BCUT2D eigenvalue weighted by Gasteiger charge is -2.54. The first-order valence-corrected chi connectivity index (χ1v) is 9.40. The van der Waals surface area contributed by atoms with Crippen LogP contribution in [0.1, 0.15) is 43.2 Å². The summed E-state index contributed by atoms with van der Waals surface area (Å²) in [5.74, 6) is -1.86. The number of rotatable bonds is 3. The Morgan fingerprint density at radius 2 is 1.86 bits per heavy atom. The van der Waals surface area contributed by atoms with E-state index in [4.69, 9.17) is 0 Å². The molecule has 4 rings (SSSR count). The molecule has 6 heteroatoms. The summed E-state index contributed by atoms with van der Waals surface area (Å²) in [7, 11) is 1.50. The average molecular weight is 389 g/mol. The molecular formula is C22H22F3NO2. The maximum absolute atomic E-state index is 13.0. The van der Waals surface area contributed by atoms with Crippen LogP contribution in [0.2, 0.25) is 0 Å². The first-order chi connectivity index (χ1) is 13.1. The summed E-state index contributed by atoms with van der Waals surface area (Å²) >= 11 is 0. The molecule has 1 aromatic carbocycles. The number of hydrogen-bond donors (Lipinski definition) is 0. The van der Waals surface area contributed by atoms with E-state index >= 15 is 0 Å². The van der Waals surface area contributed by atoms with Crippen molar-refractivity contribution in [2.75, 3.05) is 7.05 Å². The van der Waals surface area contributed by atoms with Crippen LogP contribution in [-0.4, -0.2) is 23.8 Å². The predicted molar refractivity (Wildman–Crippen MR) is 98.1 cm³/mol. The van der Waals surface area contributed by atoms with Crippen LogP contribution in [0.4, 0.5) is 13.2 Å². The number of likely N-dealkylation sites (tertiary alicyclic amines) is 1. The lowest BCUT2D eigenvalue weighted by molar-refractivity contribution is -0.139. The van der Waals surface area contributed by atoms with Crippen molar-refractivity contribution < 1.29 is 22.8 Å². The quantitative estimate of drug-likeness (QED) is 0.555. The molecule has 2 fully saturated rings. The molecule has 2 aliphatic carbocycles. The maximum atomic E-state index is 13.0. The highest BCUT2D eigenvalue weighted by molar-refractivity contribution is 6.06. The van der Waals surface area contributed by atoms with Gasteiger partial charge in [-0.2, -0.15) is 13.2 Å². The van der Waals surface area contributed by atoms with E-state index in [0.29, 0.717) is 12.0 Å². The number of nitrogens with zero attached hydrogens (tertiary/aromatic N) is 1. The normalized spacial score (nSPS) is 31.8. The Hall–Kier alpha value is -2.37. The van der Waals surface area contributed by atoms with Gasteiger partial charge in [0.05, 0.1) is 17.4 Å². The molecule has 0 spiro atoms. The average Bonchev–Trinajstić information content (AvgIpc) is 2.83. The highest BCUT2D eigenvalue weighted by Gasteiger charge is 2.64. The second kappa shape index (κ2) is 6.06. The predicted octanol–water partition coefficient (Wildman–Crippen LogP) is 4.71. The van der Waals surface area contributed by atoms with E-state index in [0.717, 1.165) is 36.1 Å². The van der Waals surface area contributed by atoms with E-state index < -0.39 is 23.6 Å². The van der Waals surface area contributed by atoms with Crippen molar-refractivity contribution >= 4 is 11.8 Å². The lowest BCUT2D eigenvalue weighted by Crippen LogP contribution is -2.49. The Bertz CT molecular complexity index is 899. The van der Waals surface area contributed by atoms with Crippen LogP contribution in [0.3, 0.4) is 0 Å². The van der Waals surface area contributed by atoms with Gasteiger partial charge in [0.2, 0.25) is 11.8 Å². The van der Waals surface area contributed by atoms with E-state index in [-0.39, 0.29) is 23.1 Å². The summed E-state index contributed by atoms with van der Waals surface area (Å²) in [5.41, 5.74) is 1.66. The molecule has 1 aliphatic heterocycles. The van der Waals surface area contributed by atoms with Crippen molar-refractivity contribution in [3.05, 3.63) is 59.2 Å². The number of carbonyl (C=O) groups is 2. The number of amides is 2. The molecule has 4 atom stereocenters. The molecule has 1 heterocycles. The third kappa shape index (κ3) is 2.57. The van der Waals surface area contributed by atoms with Gasteiger partial charge in [-0.1, -0.05) is 29.4 Å². The fourth-order valence-electron chi connectivity index (χ4n) is 5.34. The number of imide groups is 1. The fraction of sp³-hybridized carbons (Fsp3) is 0.455. The van der Waals surface area contributed by atoms with Crippen molar-refractivity contribution in [1.29, 1.82) is 0 Å². The van der Waals surface area contributed by atoms with Crippen molar-refractivity contribution in [1.82, 2.24) is 4.90 Å². The molecule has 1 saturated heterocycles. The van der Waals surface area contributed by atoms with E-state index in [2.05, 4.69) is 6.58 Å². The molecule has 0 aromatic heterocycles. The van der Waals surface area contributed by atoms with Crippen LogP contribution in [0, 0.1) is 17.3 Å². The Labute approximate surface area is 161 Å².